The minimum atomic E-state index is -3.72. The second-order valence-electron chi connectivity index (χ2n) is 6.62. The van der Waals surface area contributed by atoms with E-state index in [-0.39, 0.29) is 17.4 Å². The molecule has 3 rings (SSSR count). The van der Waals surface area contributed by atoms with Gasteiger partial charge in [-0.2, -0.15) is 0 Å². The van der Waals surface area contributed by atoms with E-state index in [2.05, 4.69) is 5.32 Å². The van der Waals surface area contributed by atoms with Crippen LogP contribution in [0, 0.1) is 0 Å². The monoisotopic (exact) mass is 478 g/mol. The maximum atomic E-state index is 12.7. The molecule has 3 aromatic carbocycles. The normalized spacial score (nSPS) is 11.1. The highest BCUT2D eigenvalue weighted by Gasteiger charge is 2.21. The predicted octanol–water partition coefficient (Wildman–Crippen LogP) is 4.51. The van der Waals surface area contributed by atoms with E-state index in [1.54, 1.807) is 36.4 Å². The third kappa shape index (κ3) is 6.13. The lowest BCUT2D eigenvalue weighted by molar-refractivity contribution is -0.123. The minimum absolute atomic E-state index is 0.135. The molecule has 0 radical (unpaired) electrons. The van der Waals surface area contributed by atoms with Crippen LogP contribution in [0.2, 0.25) is 10.0 Å². The molecule has 0 fully saturated rings. The maximum absolute atomic E-state index is 12.7. The first kappa shape index (κ1) is 22.9. The summed E-state index contributed by atoms with van der Waals surface area (Å²) in [6.45, 7) is 0.174. The van der Waals surface area contributed by atoms with E-state index in [9.17, 15) is 13.2 Å². The fourth-order valence-corrected chi connectivity index (χ4v) is 4.24. The third-order valence-corrected chi connectivity index (χ3v) is 6.71. The van der Waals surface area contributed by atoms with Crippen LogP contribution in [0.5, 0.6) is 5.75 Å². The molecule has 0 spiro atoms. The van der Waals surface area contributed by atoms with Crippen molar-refractivity contribution in [1.82, 2.24) is 5.32 Å². The Morgan fingerprint density at radius 3 is 2.29 bits per heavy atom. The Balaban J connectivity index is 1.55. The molecule has 3 aromatic rings. The van der Waals surface area contributed by atoms with Gasteiger partial charge in [0.25, 0.3) is 15.9 Å². The Morgan fingerprint density at radius 2 is 1.65 bits per heavy atom. The van der Waals surface area contributed by atoms with Crippen LogP contribution in [-0.4, -0.2) is 28.0 Å². The molecule has 31 heavy (non-hydrogen) atoms. The number of halogens is 2. The summed E-state index contributed by atoms with van der Waals surface area (Å²) in [6, 6.07) is 19.6. The van der Waals surface area contributed by atoms with Crippen LogP contribution >= 0.6 is 23.2 Å². The SMILES string of the molecule is CN(c1ccc(OCC(=O)NCc2cccc(Cl)c2)cc1)S(=O)(=O)c1ccc(Cl)cc1. The third-order valence-electron chi connectivity index (χ3n) is 4.42. The smallest absolute Gasteiger partial charge is 0.264 e. The second-order valence-corrected chi connectivity index (χ2v) is 9.46. The van der Waals surface area contributed by atoms with Crippen LogP contribution < -0.4 is 14.4 Å². The summed E-state index contributed by atoms with van der Waals surface area (Å²) < 4.78 is 32.1. The van der Waals surface area contributed by atoms with Gasteiger partial charge < -0.3 is 10.1 Å². The molecule has 0 aliphatic heterocycles. The number of ether oxygens (including phenoxy) is 1. The summed E-state index contributed by atoms with van der Waals surface area (Å²) in [4.78, 5) is 12.1. The van der Waals surface area contributed by atoms with Crippen LogP contribution in [0.25, 0.3) is 0 Å². The van der Waals surface area contributed by atoms with E-state index in [1.165, 1.54) is 31.3 Å². The molecular formula is C22H20Cl2N2O4S. The summed E-state index contributed by atoms with van der Waals surface area (Å²) >= 11 is 11.8. The van der Waals surface area contributed by atoms with E-state index in [0.29, 0.717) is 28.0 Å². The van der Waals surface area contributed by atoms with Gasteiger partial charge in [-0.1, -0.05) is 35.3 Å². The number of sulfonamides is 1. The van der Waals surface area contributed by atoms with Crippen molar-refractivity contribution in [2.45, 2.75) is 11.4 Å². The number of nitrogens with zero attached hydrogens (tertiary/aromatic N) is 1. The number of carbonyl (C=O) groups excluding carboxylic acids is 1. The van der Waals surface area contributed by atoms with Gasteiger partial charge in [-0.15, -0.1) is 0 Å². The summed E-state index contributed by atoms with van der Waals surface area (Å²) in [7, 11) is -2.26. The summed E-state index contributed by atoms with van der Waals surface area (Å²) in [6.07, 6.45) is 0. The van der Waals surface area contributed by atoms with Crippen molar-refractivity contribution < 1.29 is 17.9 Å². The van der Waals surface area contributed by atoms with E-state index < -0.39 is 10.0 Å². The number of hydrogen-bond donors (Lipinski definition) is 1. The molecule has 9 heteroatoms. The Hall–Kier alpha value is -2.74. The zero-order valence-corrected chi connectivity index (χ0v) is 18.9. The molecule has 1 amide bonds. The lowest BCUT2D eigenvalue weighted by Crippen LogP contribution is -2.28. The fourth-order valence-electron chi connectivity index (χ4n) is 2.70. The Morgan fingerprint density at radius 1 is 0.968 bits per heavy atom. The zero-order valence-electron chi connectivity index (χ0n) is 16.6. The van der Waals surface area contributed by atoms with Gasteiger partial charge in [0.05, 0.1) is 10.6 Å². The second kappa shape index (κ2) is 10.0. The van der Waals surface area contributed by atoms with Gasteiger partial charge >= 0.3 is 0 Å². The van der Waals surface area contributed by atoms with Gasteiger partial charge in [-0.25, -0.2) is 8.42 Å². The van der Waals surface area contributed by atoms with Gasteiger partial charge in [0, 0.05) is 23.6 Å². The lowest BCUT2D eigenvalue weighted by atomic mass is 10.2. The quantitative estimate of drug-likeness (QED) is 0.516. The summed E-state index contributed by atoms with van der Waals surface area (Å²) in [5.74, 6) is 0.158. The van der Waals surface area contributed by atoms with E-state index in [1.807, 2.05) is 12.1 Å². The molecule has 0 bridgehead atoms. The van der Waals surface area contributed by atoms with Crippen molar-refractivity contribution in [3.05, 3.63) is 88.4 Å². The first-order chi connectivity index (χ1) is 14.8. The average Bonchev–Trinajstić information content (AvgIpc) is 2.76. The standard InChI is InChI=1S/C22H20Cl2N2O4S/c1-26(31(28,29)21-11-5-17(23)6-12-21)19-7-9-20(10-8-19)30-15-22(27)25-14-16-3-2-4-18(24)13-16/h2-13H,14-15H2,1H3,(H,25,27). The number of carbonyl (C=O) groups is 1. The Labute approximate surface area is 191 Å². The summed E-state index contributed by atoms with van der Waals surface area (Å²) in [5, 5.41) is 3.81. The number of rotatable bonds is 8. The van der Waals surface area contributed by atoms with Gasteiger partial charge in [0.15, 0.2) is 6.61 Å². The molecule has 0 heterocycles. The highest BCUT2D eigenvalue weighted by molar-refractivity contribution is 7.92. The first-order valence-electron chi connectivity index (χ1n) is 9.24. The molecule has 0 aliphatic rings. The van der Waals surface area contributed by atoms with Crippen molar-refractivity contribution in [2.24, 2.45) is 0 Å². The molecule has 0 saturated carbocycles. The van der Waals surface area contributed by atoms with Crippen LogP contribution in [0.3, 0.4) is 0 Å². The van der Waals surface area contributed by atoms with E-state index >= 15 is 0 Å². The van der Waals surface area contributed by atoms with Crippen molar-refractivity contribution in [2.75, 3.05) is 18.0 Å². The zero-order chi connectivity index (χ0) is 22.4. The molecule has 0 aliphatic carbocycles. The number of nitrogens with one attached hydrogen (secondary N) is 1. The lowest BCUT2D eigenvalue weighted by Gasteiger charge is -2.20. The van der Waals surface area contributed by atoms with Crippen LogP contribution in [-0.2, 0) is 21.4 Å². The minimum Gasteiger partial charge on any atom is -0.484 e. The van der Waals surface area contributed by atoms with Crippen molar-refractivity contribution in [3.63, 3.8) is 0 Å². The van der Waals surface area contributed by atoms with Gasteiger partial charge in [-0.05, 0) is 66.2 Å². The molecule has 1 N–H and O–H groups in total. The number of hydrogen-bond acceptors (Lipinski definition) is 4. The largest absolute Gasteiger partial charge is 0.484 e. The first-order valence-corrected chi connectivity index (χ1v) is 11.4. The van der Waals surface area contributed by atoms with Crippen LogP contribution in [0.1, 0.15) is 5.56 Å². The number of amides is 1. The fraction of sp³-hybridized carbons (Fsp3) is 0.136. The van der Waals surface area contributed by atoms with E-state index in [0.717, 1.165) is 9.87 Å². The average molecular weight is 479 g/mol. The number of anilines is 1. The maximum Gasteiger partial charge on any atom is 0.264 e. The highest BCUT2D eigenvalue weighted by atomic mass is 35.5. The molecule has 0 atom stereocenters. The highest BCUT2D eigenvalue weighted by Crippen LogP contribution is 2.25. The van der Waals surface area contributed by atoms with Crippen molar-refractivity contribution >= 4 is 44.8 Å². The Bertz CT molecular complexity index is 1150. The van der Waals surface area contributed by atoms with E-state index in [4.69, 9.17) is 27.9 Å². The molecular weight excluding hydrogens is 459 g/mol. The number of benzene rings is 3. The molecule has 0 saturated heterocycles. The molecule has 0 aromatic heterocycles. The van der Waals surface area contributed by atoms with Crippen molar-refractivity contribution in [1.29, 1.82) is 0 Å². The van der Waals surface area contributed by atoms with Crippen LogP contribution in [0.4, 0.5) is 5.69 Å². The van der Waals surface area contributed by atoms with Gasteiger partial charge in [0.2, 0.25) is 0 Å². The van der Waals surface area contributed by atoms with Crippen LogP contribution in [0.15, 0.2) is 77.7 Å². The summed E-state index contributed by atoms with van der Waals surface area (Å²) in [5.41, 5.74) is 1.34. The van der Waals surface area contributed by atoms with Crippen molar-refractivity contribution in [3.8, 4) is 5.75 Å². The van der Waals surface area contributed by atoms with Gasteiger partial charge in [-0.3, -0.25) is 9.10 Å². The Kier molecular flexibility index (Phi) is 7.43. The topological polar surface area (TPSA) is 75.7 Å². The molecule has 0 unspecified atom stereocenters. The molecule has 6 nitrogen and oxygen atoms in total. The van der Waals surface area contributed by atoms with Gasteiger partial charge in [0.1, 0.15) is 5.75 Å². The molecule has 162 valence electrons. The predicted molar refractivity (Wildman–Crippen MR) is 122 cm³/mol.